The van der Waals surface area contributed by atoms with Gasteiger partial charge in [0.25, 0.3) is 0 Å². The number of fused-ring (bicyclic) bond motifs is 2. The van der Waals surface area contributed by atoms with Gasteiger partial charge in [-0.1, -0.05) is 30.0 Å². The van der Waals surface area contributed by atoms with Gasteiger partial charge in [0.15, 0.2) is 0 Å². The van der Waals surface area contributed by atoms with Gasteiger partial charge in [-0.2, -0.15) is 0 Å². The maximum absolute atomic E-state index is 10.8. The Kier molecular flexibility index (Phi) is 7.11. The fourth-order valence-corrected chi connectivity index (χ4v) is 4.68. The minimum absolute atomic E-state index is 0.229. The number of ether oxygens (including phenoxy) is 2. The number of hydrogen-bond donors (Lipinski definition) is 1. The summed E-state index contributed by atoms with van der Waals surface area (Å²) in [7, 11) is 0. The van der Waals surface area contributed by atoms with Crippen LogP contribution in [0.3, 0.4) is 0 Å². The number of benzene rings is 2. The first-order valence-corrected chi connectivity index (χ1v) is 11.3. The van der Waals surface area contributed by atoms with E-state index in [-0.39, 0.29) is 11.7 Å². The molecular formula is C23H27N3O4S. The van der Waals surface area contributed by atoms with Crippen molar-refractivity contribution in [2.24, 2.45) is 4.99 Å². The molecule has 2 aromatic rings. The quantitative estimate of drug-likeness (QED) is 0.545. The normalized spacial score (nSPS) is 16.2. The number of aromatic hydroxyl groups is 1. The van der Waals surface area contributed by atoms with Crippen LogP contribution in [0.5, 0.6) is 5.75 Å². The Bertz CT molecular complexity index is 958. The molecule has 0 aromatic heterocycles. The van der Waals surface area contributed by atoms with Crippen molar-refractivity contribution in [1.82, 2.24) is 9.80 Å². The summed E-state index contributed by atoms with van der Waals surface area (Å²) in [5.74, 6) is 0.913. The standard InChI is InChI=1S/C23H27N3O4S/c1-17(27)30-15-14-29-13-12-25-8-10-26(11-9-25)23-19-4-2-3-5-21(19)31-22-7-6-18(28)16-20(22)24-23/h2-7,16,28H,8-15H2,1H3. The van der Waals surface area contributed by atoms with Gasteiger partial charge >= 0.3 is 5.97 Å². The van der Waals surface area contributed by atoms with Crippen LogP contribution in [0, 0.1) is 0 Å². The molecule has 0 aliphatic carbocycles. The molecule has 164 valence electrons. The number of phenolic OH excluding ortho intramolecular Hbond substituents is 1. The zero-order chi connectivity index (χ0) is 21.6. The molecule has 0 amide bonds. The Morgan fingerprint density at radius 3 is 2.68 bits per heavy atom. The van der Waals surface area contributed by atoms with Gasteiger partial charge in [-0.25, -0.2) is 4.99 Å². The van der Waals surface area contributed by atoms with Gasteiger partial charge in [0, 0.05) is 61.1 Å². The molecule has 2 aliphatic heterocycles. The van der Waals surface area contributed by atoms with E-state index < -0.39 is 0 Å². The van der Waals surface area contributed by atoms with Crippen LogP contribution in [-0.2, 0) is 14.3 Å². The number of piperazine rings is 1. The molecule has 8 heteroatoms. The van der Waals surface area contributed by atoms with Crippen LogP contribution in [0.4, 0.5) is 5.69 Å². The number of aliphatic imine (C=N–C) groups is 1. The second kappa shape index (κ2) is 10.2. The van der Waals surface area contributed by atoms with Gasteiger partial charge in [0.2, 0.25) is 0 Å². The first-order valence-electron chi connectivity index (χ1n) is 10.5. The maximum atomic E-state index is 10.8. The van der Waals surface area contributed by atoms with Crippen LogP contribution < -0.4 is 0 Å². The van der Waals surface area contributed by atoms with Crippen LogP contribution in [0.25, 0.3) is 0 Å². The summed E-state index contributed by atoms with van der Waals surface area (Å²) in [5.41, 5.74) is 1.94. The summed E-state index contributed by atoms with van der Waals surface area (Å²) in [6, 6.07) is 13.7. The summed E-state index contributed by atoms with van der Waals surface area (Å²) >= 11 is 1.69. The first kappa shape index (κ1) is 21.7. The second-order valence-corrected chi connectivity index (χ2v) is 8.55. The van der Waals surface area contributed by atoms with Crippen molar-refractivity contribution in [3.05, 3.63) is 48.0 Å². The SMILES string of the molecule is CC(=O)OCCOCCN1CCN(C2=Nc3cc(O)ccc3Sc3ccccc32)CC1. The minimum Gasteiger partial charge on any atom is -0.508 e. The van der Waals surface area contributed by atoms with Crippen molar-refractivity contribution < 1.29 is 19.4 Å². The molecule has 2 aliphatic rings. The van der Waals surface area contributed by atoms with Crippen LogP contribution in [0.1, 0.15) is 12.5 Å². The van der Waals surface area contributed by atoms with E-state index in [1.165, 1.54) is 11.8 Å². The molecule has 4 rings (SSSR count). The number of carbonyl (C=O) groups is 1. The summed E-state index contributed by atoms with van der Waals surface area (Å²) in [5, 5.41) is 9.96. The fraction of sp³-hybridized carbons (Fsp3) is 0.391. The fourth-order valence-electron chi connectivity index (χ4n) is 3.68. The third-order valence-corrected chi connectivity index (χ3v) is 6.41. The lowest BCUT2D eigenvalue weighted by Crippen LogP contribution is -2.49. The average Bonchev–Trinajstić information content (AvgIpc) is 2.93. The lowest BCUT2D eigenvalue weighted by molar-refractivity contribution is -0.142. The van der Waals surface area contributed by atoms with Gasteiger partial charge in [-0.3, -0.25) is 9.69 Å². The smallest absolute Gasteiger partial charge is 0.302 e. The largest absolute Gasteiger partial charge is 0.508 e. The second-order valence-electron chi connectivity index (χ2n) is 7.47. The molecule has 0 atom stereocenters. The highest BCUT2D eigenvalue weighted by Crippen LogP contribution is 2.42. The highest BCUT2D eigenvalue weighted by molar-refractivity contribution is 7.99. The molecule has 2 heterocycles. The van der Waals surface area contributed by atoms with Crippen LogP contribution in [-0.4, -0.2) is 79.3 Å². The number of amidine groups is 1. The van der Waals surface area contributed by atoms with Gasteiger partial charge in [-0.05, 0) is 18.2 Å². The lowest BCUT2D eigenvalue weighted by Gasteiger charge is -2.36. The maximum Gasteiger partial charge on any atom is 0.302 e. The molecule has 0 radical (unpaired) electrons. The number of hydrogen-bond acceptors (Lipinski definition) is 8. The van der Waals surface area contributed by atoms with Crippen molar-refractivity contribution in [3.8, 4) is 5.75 Å². The Balaban J connectivity index is 1.39. The zero-order valence-electron chi connectivity index (χ0n) is 17.6. The van der Waals surface area contributed by atoms with E-state index in [0.29, 0.717) is 19.8 Å². The summed E-state index contributed by atoms with van der Waals surface area (Å²) in [4.78, 5) is 22.7. The number of phenols is 1. The Morgan fingerprint density at radius 2 is 1.87 bits per heavy atom. The van der Waals surface area contributed by atoms with Crippen molar-refractivity contribution in [3.63, 3.8) is 0 Å². The number of nitrogens with zero attached hydrogens (tertiary/aromatic N) is 3. The highest BCUT2D eigenvalue weighted by atomic mass is 32.2. The topological polar surface area (TPSA) is 74.6 Å². The molecule has 0 spiro atoms. The molecule has 0 bridgehead atoms. The van der Waals surface area contributed by atoms with Gasteiger partial charge in [-0.15, -0.1) is 0 Å². The average molecular weight is 442 g/mol. The van der Waals surface area contributed by atoms with E-state index in [0.717, 1.165) is 54.7 Å². The van der Waals surface area contributed by atoms with Crippen molar-refractivity contribution in [2.45, 2.75) is 16.7 Å². The van der Waals surface area contributed by atoms with E-state index in [2.05, 4.69) is 21.9 Å². The van der Waals surface area contributed by atoms with Gasteiger partial charge in [0.05, 0.1) is 18.9 Å². The zero-order valence-corrected chi connectivity index (χ0v) is 18.4. The van der Waals surface area contributed by atoms with Crippen LogP contribution in [0.15, 0.2) is 57.2 Å². The Hall–Kier alpha value is -2.55. The van der Waals surface area contributed by atoms with Gasteiger partial charge in [0.1, 0.15) is 18.2 Å². The van der Waals surface area contributed by atoms with Crippen LogP contribution in [0.2, 0.25) is 0 Å². The predicted molar refractivity (Wildman–Crippen MR) is 120 cm³/mol. The van der Waals surface area contributed by atoms with Crippen molar-refractivity contribution in [2.75, 3.05) is 52.5 Å². The molecule has 0 unspecified atom stereocenters. The number of carbonyl (C=O) groups excluding carboxylic acids is 1. The predicted octanol–water partition coefficient (Wildman–Crippen LogP) is 3.13. The van der Waals surface area contributed by atoms with E-state index in [4.69, 9.17) is 14.5 Å². The molecular weight excluding hydrogens is 414 g/mol. The molecule has 0 saturated carbocycles. The molecule has 1 saturated heterocycles. The van der Waals surface area contributed by atoms with E-state index in [1.807, 2.05) is 18.2 Å². The Labute approximate surface area is 186 Å². The molecule has 1 fully saturated rings. The lowest BCUT2D eigenvalue weighted by atomic mass is 10.1. The third kappa shape index (κ3) is 5.58. The highest BCUT2D eigenvalue weighted by Gasteiger charge is 2.25. The molecule has 7 nitrogen and oxygen atoms in total. The van der Waals surface area contributed by atoms with E-state index >= 15 is 0 Å². The summed E-state index contributed by atoms with van der Waals surface area (Å²) in [6.07, 6.45) is 0. The molecule has 2 aromatic carbocycles. The summed E-state index contributed by atoms with van der Waals surface area (Å²) < 4.78 is 10.4. The van der Waals surface area contributed by atoms with Crippen LogP contribution >= 0.6 is 11.8 Å². The van der Waals surface area contributed by atoms with Crippen molar-refractivity contribution in [1.29, 1.82) is 0 Å². The monoisotopic (exact) mass is 441 g/mol. The minimum atomic E-state index is -0.279. The van der Waals surface area contributed by atoms with E-state index in [9.17, 15) is 9.90 Å². The number of esters is 1. The van der Waals surface area contributed by atoms with Crippen molar-refractivity contribution >= 4 is 29.3 Å². The summed E-state index contributed by atoms with van der Waals surface area (Å²) in [6.45, 7) is 7.20. The molecule has 1 N–H and O–H groups in total. The first-order chi connectivity index (χ1) is 15.1. The van der Waals surface area contributed by atoms with Gasteiger partial charge < -0.3 is 19.5 Å². The Morgan fingerprint density at radius 1 is 1.06 bits per heavy atom. The van der Waals surface area contributed by atoms with E-state index in [1.54, 1.807) is 23.9 Å². The molecule has 31 heavy (non-hydrogen) atoms. The third-order valence-electron chi connectivity index (χ3n) is 5.27. The number of rotatable bonds is 6.